The van der Waals surface area contributed by atoms with Gasteiger partial charge in [-0.3, -0.25) is 9.59 Å². The lowest BCUT2D eigenvalue weighted by molar-refractivity contribution is -0.140. The van der Waals surface area contributed by atoms with E-state index in [-0.39, 0.29) is 24.4 Å². The van der Waals surface area contributed by atoms with Crippen LogP contribution in [0.5, 0.6) is 0 Å². The standard InChI is InChI=1S/C19H25IN4O2S/c20-14-6-5-7-15(12-14)21-19(27)22-16-8-1-2-11-24(18(16)26)13-17(25)23-9-3-4-10-23/h5-7,12,16H,1-4,8-11,13H2,(H2,21,22,27)/t16-/m0/s1. The second-order valence-electron chi connectivity index (χ2n) is 7.00. The number of thiocarbonyl (C=S) groups is 1. The molecule has 0 spiro atoms. The van der Waals surface area contributed by atoms with Crippen LogP contribution in [0.2, 0.25) is 0 Å². The third kappa shape index (κ3) is 5.78. The first-order valence-electron chi connectivity index (χ1n) is 9.42. The van der Waals surface area contributed by atoms with E-state index in [0.717, 1.165) is 54.5 Å². The summed E-state index contributed by atoms with van der Waals surface area (Å²) in [5.74, 6) is 0.0212. The number of carbonyl (C=O) groups excluding carboxylic acids is 2. The van der Waals surface area contributed by atoms with Gasteiger partial charge in [0, 0.05) is 28.9 Å². The van der Waals surface area contributed by atoms with Crippen molar-refractivity contribution in [2.45, 2.75) is 38.1 Å². The zero-order valence-corrected chi connectivity index (χ0v) is 18.2. The first kappa shape index (κ1) is 20.3. The zero-order valence-electron chi connectivity index (χ0n) is 15.2. The number of amides is 2. The number of rotatable bonds is 4. The molecule has 2 heterocycles. The molecule has 2 aliphatic heterocycles. The predicted octanol–water partition coefficient (Wildman–Crippen LogP) is 2.58. The Bertz CT molecular complexity index is 709. The third-order valence-corrected chi connectivity index (χ3v) is 5.84. The van der Waals surface area contributed by atoms with E-state index in [1.807, 2.05) is 29.2 Å². The maximum atomic E-state index is 12.9. The third-order valence-electron chi connectivity index (χ3n) is 4.95. The normalized spacial score (nSPS) is 20.3. The number of hydrogen-bond acceptors (Lipinski definition) is 3. The van der Waals surface area contributed by atoms with E-state index in [2.05, 4.69) is 33.2 Å². The molecule has 2 fully saturated rings. The van der Waals surface area contributed by atoms with Gasteiger partial charge in [0.05, 0.1) is 6.54 Å². The van der Waals surface area contributed by atoms with Crippen molar-refractivity contribution < 1.29 is 9.59 Å². The first-order valence-corrected chi connectivity index (χ1v) is 10.9. The maximum absolute atomic E-state index is 12.9. The van der Waals surface area contributed by atoms with Crippen molar-refractivity contribution in [3.63, 3.8) is 0 Å². The van der Waals surface area contributed by atoms with Gasteiger partial charge in [-0.15, -0.1) is 0 Å². The van der Waals surface area contributed by atoms with Gasteiger partial charge in [-0.2, -0.15) is 0 Å². The Morgan fingerprint density at radius 3 is 2.67 bits per heavy atom. The number of benzene rings is 1. The molecule has 2 N–H and O–H groups in total. The number of carbonyl (C=O) groups is 2. The summed E-state index contributed by atoms with van der Waals surface area (Å²) in [4.78, 5) is 28.9. The summed E-state index contributed by atoms with van der Waals surface area (Å²) in [6, 6.07) is 7.50. The number of nitrogens with one attached hydrogen (secondary N) is 2. The lowest BCUT2D eigenvalue weighted by Gasteiger charge is -2.27. The molecule has 1 aromatic carbocycles. The van der Waals surface area contributed by atoms with Crippen molar-refractivity contribution in [1.29, 1.82) is 0 Å². The second-order valence-corrected chi connectivity index (χ2v) is 8.66. The van der Waals surface area contributed by atoms with E-state index in [0.29, 0.717) is 11.7 Å². The largest absolute Gasteiger partial charge is 0.351 e. The van der Waals surface area contributed by atoms with Gasteiger partial charge in [0.1, 0.15) is 6.04 Å². The Morgan fingerprint density at radius 2 is 1.93 bits per heavy atom. The van der Waals surface area contributed by atoms with Gasteiger partial charge in [0.25, 0.3) is 0 Å². The molecule has 0 bridgehead atoms. The molecule has 0 aliphatic carbocycles. The summed E-state index contributed by atoms with van der Waals surface area (Å²) in [6.45, 7) is 2.43. The molecule has 27 heavy (non-hydrogen) atoms. The van der Waals surface area contributed by atoms with Crippen molar-refractivity contribution in [1.82, 2.24) is 15.1 Å². The van der Waals surface area contributed by atoms with Crippen LogP contribution < -0.4 is 10.6 Å². The molecule has 2 amide bonds. The number of hydrogen-bond donors (Lipinski definition) is 2. The quantitative estimate of drug-likeness (QED) is 0.492. The summed E-state index contributed by atoms with van der Waals surface area (Å²) < 4.78 is 1.11. The van der Waals surface area contributed by atoms with Crippen LogP contribution in [0.25, 0.3) is 0 Å². The molecule has 0 saturated carbocycles. The topological polar surface area (TPSA) is 64.7 Å². The van der Waals surface area contributed by atoms with Crippen LogP contribution in [0.15, 0.2) is 24.3 Å². The van der Waals surface area contributed by atoms with Gasteiger partial charge in [0.2, 0.25) is 11.8 Å². The van der Waals surface area contributed by atoms with E-state index >= 15 is 0 Å². The van der Waals surface area contributed by atoms with E-state index in [9.17, 15) is 9.59 Å². The average molecular weight is 500 g/mol. The molecule has 2 aliphatic rings. The summed E-state index contributed by atoms with van der Waals surface area (Å²) in [5.41, 5.74) is 0.890. The van der Waals surface area contributed by atoms with E-state index < -0.39 is 0 Å². The van der Waals surface area contributed by atoms with E-state index in [1.54, 1.807) is 4.90 Å². The Hall–Kier alpha value is -1.42. The Balaban J connectivity index is 1.57. The Labute approximate surface area is 179 Å². The second kappa shape index (κ2) is 9.68. The first-order chi connectivity index (χ1) is 13.0. The van der Waals surface area contributed by atoms with Crippen molar-refractivity contribution in [2.75, 3.05) is 31.5 Å². The minimum Gasteiger partial charge on any atom is -0.351 e. The van der Waals surface area contributed by atoms with Crippen LogP contribution >= 0.6 is 34.8 Å². The van der Waals surface area contributed by atoms with Crippen LogP contribution in [-0.4, -0.2) is 58.9 Å². The molecule has 0 aromatic heterocycles. The van der Waals surface area contributed by atoms with E-state index in [4.69, 9.17) is 12.2 Å². The molecule has 0 unspecified atom stereocenters. The highest BCUT2D eigenvalue weighted by Gasteiger charge is 2.30. The SMILES string of the molecule is O=C(CN1CCCC[C@H](NC(=S)Nc2cccc(I)c2)C1=O)N1CCCC1. The molecule has 8 heteroatoms. The van der Waals surface area contributed by atoms with Crippen LogP contribution in [0, 0.1) is 3.57 Å². The number of nitrogens with zero attached hydrogens (tertiary/aromatic N) is 2. The average Bonchev–Trinajstić information content (AvgIpc) is 3.12. The highest BCUT2D eigenvalue weighted by molar-refractivity contribution is 14.1. The lowest BCUT2D eigenvalue weighted by atomic mass is 10.1. The van der Waals surface area contributed by atoms with Gasteiger partial charge in [-0.25, -0.2) is 0 Å². The van der Waals surface area contributed by atoms with Crippen LogP contribution in [-0.2, 0) is 9.59 Å². The number of anilines is 1. The Kier molecular flexibility index (Phi) is 7.28. The fourth-order valence-corrected chi connectivity index (χ4v) is 4.32. The maximum Gasteiger partial charge on any atom is 0.245 e. The molecule has 0 radical (unpaired) electrons. The monoisotopic (exact) mass is 500 g/mol. The molecule has 2 saturated heterocycles. The summed E-state index contributed by atoms with van der Waals surface area (Å²) in [7, 11) is 0. The van der Waals surface area contributed by atoms with Crippen molar-refractivity contribution >= 4 is 57.4 Å². The highest BCUT2D eigenvalue weighted by Crippen LogP contribution is 2.16. The molecule has 3 rings (SSSR count). The van der Waals surface area contributed by atoms with Crippen LogP contribution in [0.3, 0.4) is 0 Å². The van der Waals surface area contributed by atoms with E-state index in [1.165, 1.54) is 0 Å². The fraction of sp³-hybridized carbons (Fsp3) is 0.526. The summed E-state index contributed by atoms with van der Waals surface area (Å²) >= 11 is 7.65. The minimum atomic E-state index is -0.387. The smallest absolute Gasteiger partial charge is 0.245 e. The molecule has 1 aromatic rings. The van der Waals surface area contributed by atoms with Crippen LogP contribution in [0.4, 0.5) is 5.69 Å². The molecule has 1 atom stereocenters. The van der Waals surface area contributed by atoms with Gasteiger partial charge < -0.3 is 20.4 Å². The Morgan fingerprint density at radius 1 is 1.19 bits per heavy atom. The lowest BCUT2D eigenvalue weighted by Crippen LogP contribution is -2.51. The van der Waals surface area contributed by atoms with Gasteiger partial charge in [-0.1, -0.05) is 6.07 Å². The summed E-state index contributed by atoms with van der Waals surface area (Å²) in [6.07, 6.45) is 4.68. The van der Waals surface area contributed by atoms with Gasteiger partial charge >= 0.3 is 0 Å². The molecular formula is C19H25IN4O2S. The minimum absolute atomic E-state index is 0.0353. The van der Waals surface area contributed by atoms with Crippen molar-refractivity contribution in [2.24, 2.45) is 0 Å². The van der Waals surface area contributed by atoms with Gasteiger partial charge in [0.15, 0.2) is 5.11 Å². The fourth-order valence-electron chi connectivity index (χ4n) is 3.52. The van der Waals surface area contributed by atoms with Crippen LogP contribution in [0.1, 0.15) is 32.1 Å². The number of likely N-dealkylation sites (tertiary alicyclic amines) is 2. The van der Waals surface area contributed by atoms with Crippen molar-refractivity contribution in [3.8, 4) is 0 Å². The molecule has 146 valence electrons. The molecular weight excluding hydrogens is 475 g/mol. The summed E-state index contributed by atoms with van der Waals surface area (Å²) in [5, 5.41) is 6.73. The highest BCUT2D eigenvalue weighted by atomic mass is 127. The van der Waals surface area contributed by atoms with Gasteiger partial charge in [-0.05, 0) is 85.1 Å². The molecule has 6 nitrogen and oxygen atoms in total. The number of halogens is 1. The predicted molar refractivity (Wildman–Crippen MR) is 119 cm³/mol. The zero-order chi connectivity index (χ0) is 19.2. The van der Waals surface area contributed by atoms with Crippen molar-refractivity contribution in [3.05, 3.63) is 27.8 Å².